The fourth-order valence-corrected chi connectivity index (χ4v) is 2.17. The van der Waals surface area contributed by atoms with Crippen LogP contribution in [0.1, 0.15) is 11.1 Å². The van der Waals surface area contributed by atoms with Crippen LogP contribution in [0.5, 0.6) is 0 Å². The molecule has 5 nitrogen and oxygen atoms in total. The van der Waals surface area contributed by atoms with E-state index in [0.29, 0.717) is 5.82 Å². The molecule has 2 aromatic rings. The largest absolute Gasteiger partial charge is 0.383 e. The molecular weight excluding hydrogens is 222 g/mol. The highest BCUT2D eigenvalue weighted by molar-refractivity contribution is 7.10. The van der Waals surface area contributed by atoms with Gasteiger partial charge in [0.1, 0.15) is 10.8 Å². The van der Waals surface area contributed by atoms with E-state index >= 15 is 0 Å². The maximum absolute atomic E-state index is 5.67. The van der Waals surface area contributed by atoms with Crippen molar-refractivity contribution in [1.29, 1.82) is 0 Å². The lowest BCUT2D eigenvalue weighted by molar-refractivity contribution is 0.767. The molecule has 0 saturated carbocycles. The molecule has 2 rings (SSSR count). The molecule has 0 saturated heterocycles. The van der Waals surface area contributed by atoms with Crippen LogP contribution in [0, 0.1) is 6.92 Å². The van der Waals surface area contributed by atoms with Crippen LogP contribution >= 0.6 is 11.5 Å². The van der Waals surface area contributed by atoms with Gasteiger partial charge in [-0.1, -0.05) is 0 Å². The van der Waals surface area contributed by atoms with Gasteiger partial charge >= 0.3 is 0 Å². The number of nitrogens with zero attached hydrogens (tertiary/aromatic N) is 3. The van der Waals surface area contributed by atoms with E-state index in [1.807, 2.05) is 31.0 Å². The summed E-state index contributed by atoms with van der Waals surface area (Å²) in [5.74, 6) is 0.619. The SMILES string of the molecule is Cc1c(N)nsc1NCCc1cnn(C)c1. The van der Waals surface area contributed by atoms with Crippen LogP contribution in [0.4, 0.5) is 10.8 Å². The van der Waals surface area contributed by atoms with Crippen LogP contribution in [0.3, 0.4) is 0 Å². The molecule has 6 heteroatoms. The number of hydrogen-bond donors (Lipinski definition) is 2. The van der Waals surface area contributed by atoms with Crippen molar-refractivity contribution in [3.8, 4) is 0 Å². The van der Waals surface area contributed by atoms with Crippen LogP contribution in [-0.2, 0) is 13.5 Å². The van der Waals surface area contributed by atoms with Gasteiger partial charge in [-0.15, -0.1) is 0 Å². The summed E-state index contributed by atoms with van der Waals surface area (Å²) in [7, 11) is 1.92. The highest BCUT2D eigenvalue weighted by atomic mass is 32.1. The van der Waals surface area contributed by atoms with Crippen LogP contribution in [-0.4, -0.2) is 20.7 Å². The zero-order chi connectivity index (χ0) is 11.5. The quantitative estimate of drug-likeness (QED) is 0.844. The summed E-state index contributed by atoms with van der Waals surface area (Å²) in [6.07, 6.45) is 4.86. The Hall–Kier alpha value is -1.56. The molecule has 86 valence electrons. The maximum Gasteiger partial charge on any atom is 0.142 e. The first-order valence-corrected chi connectivity index (χ1v) is 5.87. The first-order chi connectivity index (χ1) is 7.66. The molecule has 0 radical (unpaired) electrons. The van der Waals surface area contributed by atoms with E-state index in [4.69, 9.17) is 5.73 Å². The van der Waals surface area contributed by atoms with E-state index in [2.05, 4.69) is 14.8 Å². The van der Waals surface area contributed by atoms with E-state index in [9.17, 15) is 0 Å². The third-order valence-electron chi connectivity index (χ3n) is 2.42. The lowest BCUT2D eigenvalue weighted by Crippen LogP contribution is -2.04. The number of hydrogen-bond acceptors (Lipinski definition) is 5. The van der Waals surface area contributed by atoms with Crippen LogP contribution in [0.25, 0.3) is 0 Å². The molecule has 3 N–H and O–H groups in total. The Morgan fingerprint density at radius 3 is 2.94 bits per heavy atom. The van der Waals surface area contributed by atoms with E-state index in [1.165, 1.54) is 17.1 Å². The van der Waals surface area contributed by atoms with Gasteiger partial charge in [0.25, 0.3) is 0 Å². The average Bonchev–Trinajstić information content (AvgIpc) is 2.79. The third kappa shape index (κ3) is 2.33. The normalized spacial score (nSPS) is 10.6. The molecule has 2 heterocycles. The Labute approximate surface area is 98.4 Å². The van der Waals surface area contributed by atoms with Crippen molar-refractivity contribution >= 4 is 22.4 Å². The molecule has 0 aliphatic rings. The smallest absolute Gasteiger partial charge is 0.142 e. The minimum atomic E-state index is 0.619. The minimum Gasteiger partial charge on any atom is -0.383 e. The van der Waals surface area contributed by atoms with Gasteiger partial charge in [0.2, 0.25) is 0 Å². The molecule has 0 amide bonds. The summed E-state index contributed by atoms with van der Waals surface area (Å²) in [6, 6.07) is 0. The lowest BCUT2D eigenvalue weighted by Gasteiger charge is -2.02. The molecular formula is C10H15N5S. The van der Waals surface area contributed by atoms with Crippen molar-refractivity contribution in [1.82, 2.24) is 14.2 Å². The zero-order valence-corrected chi connectivity index (χ0v) is 10.2. The zero-order valence-electron chi connectivity index (χ0n) is 9.40. The van der Waals surface area contributed by atoms with Gasteiger partial charge in [-0.05, 0) is 30.4 Å². The van der Waals surface area contributed by atoms with Crippen molar-refractivity contribution in [2.45, 2.75) is 13.3 Å². The van der Waals surface area contributed by atoms with E-state index in [-0.39, 0.29) is 0 Å². The Kier molecular flexibility index (Phi) is 3.09. The van der Waals surface area contributed by atoms with Crippen molar-refractivity contribution in [3.05, 3.63) is 23.5 Å². The molecule has 16 heavy (non-hydrogen) atoms. The molecule has 0 aromatic carbocycles. The fraction of sp³-hybridized carbons (Fsp3) is 0.400. The summed E-state index contributed by atoms with van der Waals surface area (Å²) in [6.45, 7) is 2.85. The molecule has 0 unspecified atom stereocenters. The van der Waals surface area contributed by atoms with Crippen molar-refractivity contribution < 1.29 is 0 Å². The molecule has 0 aliphatic carbocycles. The highest BCUT2D eigenvalue weighted by Crippen LogP contribution is 2.24. The molecule has 0 atom stereocenters. The molecule has 0 spiro atoms. The second-order valence-electron chi connectivity index (χ2n) is 3.72. The van der Waals surface area contributed by atoms with E-state index in [0.717, 1.165) is 23.5 Å². The maximum atomic E-state index is 5.67. The Bertz CT molecular complexity index is 473. The first kappa shape index (κ1) is 10.9. The first-order valence-electron chi connectivity index (χ1n) is 5.10. The second kappa shape index (κ2) is 4.52. The lowest BCUT2D eigenvalue weighted by atomic mass is 10.2. The number of rotatable bonds is 4. The number of nitrogens with two attached hydrogens (primary N) is 1. The van der Waals surface area contributed by atoms with Gasteiger partial charge < -0.3 is 11.1 Å². The van der Waals surface area contributed by atoms with Gasteiger partial charge in [-0.3, -0.25) is 4.68 Å². The molecule has 2 aromatic heterocycles. The summed E-state index contributed by atoms with van der Waals surface area (Å²) in [5, 5.41) is 8.51. The number of anilines is 2. The highest BCUT2D eigenvalue weighted by Gasteiger charge is 2.05. The van der Waals surface area contributed by atoms with Gasteiger partial charge in [0.05, 0.1) is 6.20 Å². The van der Waals surface area contributed by atoms with Gasteiger partial charge in [-0.2, -0.15) is 9.47 Å². The predicted molar refractivity (Wildman–Crippen MR) is 66.7 cm³/mol. The van der Waals surface area contributed by atoms with Crippen LogP contribution in [0.2, 0.25) is 0 Å². The van der Waals surface area contributed by atoms with Crippen LogP contribution < -0.4 is 11.1 Å². The van der Waals surface area contributed by atoms with Gasteiger partial charge in [-0.25, -0.2) is 0 Å². The second-order valence-corrected chi connectivity index (χ2v) is 4.49. The minimum absolute atomic E-state index is 0.619. The van der Waals surface area contributed by atoms with Gasteiger partial charge in [0, 0.05) is 25.4 Å². The van der Waals surface area contributed by atoms with Crippen molar-refractivity contribution in [3.63, 3.8) is 0 Å². The Morgan fingerprint density at radius 1 is 1.56 bits per heavy atom. The monoisotopic (exact) mass is 237 g/mol. The molecule has 0 aliphatic heterocycles. The summed E-state index contributed by atoms with van der Waals surface area (Å²) in [4.78, 5) is 0. The molecule has 0 fully saturated rings. The van der Waals surface area contributed by atoms with Gasteiger partial charge in [0.15, 0.2) is 0 Å². The summed E-state index contributed by atoms with van der Waals surface area (Å²) in [5.41, 5.74) is 7.94. The number of aromatic nitrogens is 3. The molecule has 0 bridgehead atoms. The number of aryl methyl sites for hydroxylation is 1. The average molecular weight is 237 g/mol. The predicted octanol–water partition coefficient (Wildman–Crippen LogP) is 1.42. The third-order valence-corrected chi connectivity index (χ3v) is 3.34. The Morgan fingerprint density at radius 2 is 2.38 bits per heavy atom. The summed E-state index contributed by atoms with van der Waals surface area (Å²) < 4.78 is 5.90. The van der Waals surface area contributed by atoms with E-state index in [1.54, 1.807) is 0 Å². The Balaban J connectivity index is 1.86. The van der Waals surface area contributed by atoms with Crippen molar-refractivity contribution in [2.24, 2.45) is 7.05 Å². The van der Waals surface area contributed by atoms with E-state index < -0.39 is 0 Å². The number of nitrogens with one attached hydrogen (secondary N) is 1. The topological polar surface area (TPSA) is 68.8 Å². The standard InChI is InChI=1S/C10H15N5S/c1-7-9(11)14-16-10(7)12-4-3-8-5-13-15(2)6-8/h5-6,12H,3-4H2,1-2H3,(H2,11,14). The number of nitrogen functional groups attached to an aromatic ring is 1. The fourth-order valence-electron chi connectivity index (χ4n) is 1.43. The van der Waals surface area contributed by atoms with Crippen molar-refractivity contribution in [2.75, 3.05) is 17.6 Å². The summed E-state index contributed by atoms with van der Waals surface area (Å²) >= 11 is 1.41. The van der Waals surface area contributed by atoms with Crippen LogP contribution in [0.15, 0.2) is 12.4 Å².